The lowest BCUT2D eigenvalue weighted by molar-refractivity contribution is -0.134. The zero-order valence-corrected chi connectivity index (χ0v) is 7.18. The molecule has 0 aromatic heterocycles. The zero-order valence-electron chi connectivity index (χ0n) is 7.18. The van der Waals surface area contributed by atoms with Gasteiger partial charge in [0.1, 0.15) is 0 Å². The van der Waals surface area contributed by atoms with E-state index in [0.29, 0.717) is 6.73 Å². The number of carbonyl (C=O) groups is 1. The molecule has 1 rings (SSSR count). The Kier molecular flexibility index (Phi) is 4.07. The van der Waals surface area contributed by atoms with Gasteiger partial charge in [0.2, 0.25) is 0 Å². The van der Waals surface area contributed by atoms with Crippen LogP contribution in [-0.4, -0.2) is 30.0 Å². The third kappa shape index (κ3) is 7.29. The van der Waals surface area contributed by atoms with E-state index in [1.807, 2.05) is 0 Å². The van der Waals surface area contributed by atoms with Crippen molar-refractivity contribution in [1.29, 1.82) is 0 Å². The molecule has 1 fully saturated rings. The second kappa shape index (κ2) is 4.31. The fourth-order valence-corrected chi connectivity index (χ4v) is 0.604. The largest absolute Gasteiger partial charge is 0.481 e. The minimum absolute atomic E-state index is 0.222. The van der Waals surface area contributed by atoms with Crippen LogP contribution in [0.3, 0.4) is 0 Å². The lowest BCUT2D eigenvalue weighted by atomic mass is 10.1. The van der Waals surface area contributed by atoms with Gasteiger partial charge in [0.25, 0.3) is 5.97 Å². The van der Waals surface area contributed by atoms with Crippen molar-refractivity contribution in [1.82, 2.24) is 5.32 Å². The molecule has 0 saturated carbocycles. The van der Waals surface area contributed by atoms with E-state index in [1.54, 1.807) is 0 Å². The van der Waals surface area contributed by atoms with Crippen molar-refractivity contribution in [2.45, 2.75) is 26.3 Å². The fraction of sp³-hybridized carbons (Fsp3) is 0.857. The number of hydrogen-bond acceptors (Lipinski definition) is 3. The normalized spacial score (nSPS) is 20.3. The quantitative estimate of drug-likeness (QED) is 0.541. The summed E-state index contributed by atoms with van der Waals surface area (Å²) in [4.78, 5) is 9.00. The van der Waals surface area contributed by atoms with Crippen LogP contribution in [-0.2, 0) is 9.53 Å². The molecule has 0 aromatic carbocycles. The Morgan fingerprint density at radius 2 is 2.09 bits per heavy atom. The molecule has 4 heteroatoms. The van der Waals surface area contributed by atoms with Crippen LogP contribution in [0.25, 0.3) is 0 Å². The van der Waals surface area contributed by atoms with Crippen LogP contribution in [0.2, 0.25) is 0 Å². The first-order valence-corrected chi connectivity index (χ1v) is 3.46. The van der Waals surface area contributed by atoms with Gasteiger partial charge in [-0.3, -0.25) is 10.1 Å². The predicted molar refractivity (Wildman–Crippen MR) is 41.3 cm³/mol. The van der Waals surface area contributed by atoms with Gasteiger partial charge >= 0.3 is 0 Å². The Morgan fingerprint density at radius 3 is 2.18 bits per heavy atom. The van der Waals surface area contributed by atoms with E-state index in [2.05, 4.69) is 19.2 Å². The summed E-state index contributed by atoms with van der Waals surface area (Å²) in [6.45, 7) is 6.89. The summed E-state index contributed by atoms with van der Waals surface area (Å²) in [7, 11) is 0. The van der Waals surface area contributed by atoms with Crippen molar-refractivity contribution in [2.75, 3.05) is 13.3 Å². The molecule has 0 amide bonds. The molecule has 2 N–H and O–H groups in total. The summed E-state index contributed by atoms with van der Waals surface area (Å²) < 4.78 is 5.05. The molecule has 11 heavy (non-hydrogen) atoms. The Labute approximate surface area is 66.5 Å². The van der Waals surface area contributed by atoms with Gasteiger partial charge in [0.15, 0.2) is 0 Å². The summed E-state index contributed by atoms with van der Waals surface area (Å²) in [6.07, 6.45) is 0. The standard InChI is InChI=1S/C5H11NO.C2H4O2/c1-5(2)3-7-4-6-5;1-2(3)4/h6H,3-4H2,1-2H3;1H3,(H,3,4). The molecule has 1 saturated heterocycles. The van der Waals surface area contributed by atoms with Gasteiger partial charge in [0.05, 0.1) is 13.3 Å². The molecule has 0 unspecified atom stereocenters. The van der Waals surface area contributed by atoms with Crippen LogP contribution in [0, 0.1) is 0 Å². The van der Waals surface area contributed by atoms with Crippen LogP contribution in [0.5, 0.6) is 0 Å². The smallest absolute Gasteiger partial charge is 0.300 e. The van der Waals surface area contributed by atoms with E-state index < -0.39 is 5.97 Å². The Balaban J connectivity index is 0.000000218. The van der Waals surface area contributed by atoms with Crippen LogP contribution in [0.1, 0.15) is 20.8 Å². The molecule has 66 valence electrons. The summed E-state index contributed by atoms with van der Waals surface area (Å²) in [6, 6.07) is 0. The van der Waals surface area contributed by atoms with Gasteiger partial charge in [-0.25, -0.2) is 0 Å². The van der Waals surface area contributed by atoms with Crippen LogP contribution >= 0.6 is 0 Å². The van der Waals surface area contributed by atoms with E-state index in [9.17, 15) is 0 Å². The van der Waals surface area contributed by atoms with E-state index in [0.717, 1.165) is 13.5 Å². The van der Waals surface area contributed by atoms with E-state index >= 15 is 0 Å². The molecule has 1 aliphatic rings. The number of rotatable bonds is 0. The molecule has 1 aliphatic heterocycles. The number of hydrogen-bond donors (Lipinski definition) is 2. The molecule has 0 radical (unpaired) electrons. The van der Waals surface area contributed by atoms with Gasteiger partial charge in [-0.05, 0) is 13.8 Å². The predicted octanol–water partition coefficient (Wildman–Crippen LogP) is 0.433. The van der Waals surface area contributed by atoms with Gasteiger partial charge < -0.3 is 9.84 Å². The minimum Gasteiger partial charge on any atom is -0.481 e. The van der Waals surface area contributed by atoms with Crippen LogP contribution < -0.4 is 5.32 Å². The Hall–Kier alpha value is -0.610. The Bertz CT molecular complexity index is 122. The monoisotopic (exact) mass is 161 g/mol. The number of carboxylic acid groups (broad SMARTS) is 1. The fourth-order valence-electron chi connectivity index (χ4n) is 0.604. The van der Waals surface area contributed by atoms with Gasteiger partial charge in [0, 0.05) is 12.5 Å². The van der Waals surface area contributed by atoms with Gasteiger partial charge in [-0.2, -0.15) is 0 Å². The van der Waals surface area contributed by atoms with Crippen molar-refractivity contribution >= 4 is 5.97 Å². The number of aliphatic carboxylic acids is 1. The summed E-state index contributed by atoms with van der Waals surface area (Å²) in [5.41, 5.74) is 0.222. The van der Waals surface area contributed by atoms with Crippen LogP contribution in [0.4, 0.5) is 0 Å². The molecule has 0 aliphatic carbocycles. The maximum absolute atomic E-state index is 9.00. The number of nitrogens with one attached hydrogen (secondary N) is 1. The highest BCUT2D eigenvalue weighted by Gasteiger charge is 2.21. The maximum atomic E-state index is 9.00. The lowest BCUT2D eigenvalue weighted by Gasteiger charge is -2.12. The zero-order chi connectivity index (χ0) is 8.91. The molecule has 0 bridgehead atoms. The Morgan fingerprint density at radius 1 is 1.64 bits per heavy atom. The second-order valence-corrected chi connectivity index (χ2v) is 3.07. The first-order valence-electron chi connectivity index (χ1n) is 3.46. The molecule has 1 heterocycles. The minimum atomic E-state index is -0.833. The van der Waals surface area contributed by atoms with Gasteiger partial charge in [-0.1, -0.05) is 0 Å². The highest BCUT2D eigenvalue weighted by molar-refractivity contribution is 5.62. The van der Waals surface area contributed by atoms with Crippen molar-refractivity contribution in [3.8, 4) is 0 Å². The summed E-state index contributed by atoms with van der Waals surface area (Å²) in [5.74, 6) is -0.833. The lowest BCUT2D eigenvalue weighted by Crippen LogP contribution is -2.34. The van der Waals surface area contributed by atoms with Crippen molar-refractivity contribution in [3.63, 3.8) is 0 Å². The molecule has 4 nitrogen and oxygen atoms in total. The molecule has 0 spiro atoms. The number of ether oxygens (including phenoxy) is 1. The topological polar surface area (TPSA) is 58.6 Å². The second-order valence-electron chi connectivity index (χ2n) is 3.07. The van der Waals surface area contributed by atoms with Crippen molar-refractivity contribution in [3.05, 3.63) is 0 Å². The number of carboxylic acids is 1. The van der Waals surface area contributed by atoms with Gasteiger partial charge in [-0.15, -0.1) is 0 Å². The summed E-state index contributed by atoms with van der Waals surface area (Å²) >= 11 is 0. The van der Waals surface area contributed by atoms with Crippen LogP contribution in [0.15, 0.2) is 0 Å². The van der Waals surface area contributed by atoms with E-state index in [1.165, 1.54) is 0 Å². The first-order chi connectivity index (χ1) is 4.94. The molecule has 0 aromatic rings. The van der Waals surface area contributed by atoms with E-state index in [4.69, 9.17) is 14.6 Å². The molecular weight excluding hydrogens is 146 g/mol. The average Bonchev–Trinajstić information content (AvgIpc) is 2.11. The molecule has 0 atom stereocenters. The third-order valence-corrected chi connectivity index (χ3v) is 1.12. The molecular formula is C7H15NO3. The van der Waals surface area contributed by atoms with E-state index in [-0.39, 0.29) is 5.54 Å². The SMILES string of the molecule is CC(=O)O.CC1(C)COCN1. The van der Waals surface area contributed by atoms with Crippen molar-refractivity contribution < 1.29 is 14.6 Å². The third-order valence-electron chi connectivity index (χ3n) is 1.12. The highest BCUT2D eigenvalue weighted by Crippen LogP contribution is 2.06. The first kappa shape index (κ1) is 10.4. The summed E-state index contributed by atoms with van der Waals surface area (Å²) in [5, 5.41) is 10.6. The highest BCUT2D eigenvalue weighted by atomic mass is 16.5. The average molecular weight is 161 g/mol. The van der Waals surface area contributed by atoms with Crippen molar-refractivity contribution in [2.24, 2.45) is 0 Å². The maximum Gasteiger partial charge on any atom is 0.300 e.